The third-order valence-electron chi connectivity index (χ3n) is 2.77. The fourth-order valence-electron chi connectivity index (χ4n) is 1.71. The average molecular weight is 194 g/mol. The molecule has 0 heterocycles. The normalized spacial score (nSPS) is 18.6. The molecular formula is C11H11FO2. The number of hydrogen-bond donors (Lipinski definition) is 1. The maximum Gasteiger partial charge on any atom is 0.335 e. The average Bonchev–Trinajstić information content (AvgIpc) is 2.14. The molecule has 0 bridgehead atoms. The third-order valence-corrected chi connectivity index (χ3v) is 2.77. The first-order valence-corrected chi connectivity index (χ1v) is 4.65. The quantitative estimate of drug-likeness (QED) is 0.785. The van der Waals surface area contributed by atoms with Crippen molar-refractivity contribution in [1.82, 2.24) is 0 Å². The van der Waals surface area contributed by atoms with Crippen molar-refractivity contribution in [1.29, 1.82) is 0 Å². The Morgan fingerprint density at radius 1 is 1.43 bits per heavy atom. The second-order valence-corrected chi connectivity index (χ2v) is 3.70. The van der Waals surface area contributed by atoms with E-state index >= 15 is 0 Å². The van der Waals surface area contributed by atoms with Crippen molar-refractivity contribution in [3.8, 4) is 0 Å². The zero-order valence-corrected chi connectivity index (χ0v) is 7.66. The summed E-state index contributed by atoms with van der Waals surface area (Å²) in [6.45, 7) is 0. The second kappa shape index (κ2) is 3.08. The molecule has 0 atom stereocenters. The number of carboxylic acid groups (broad SMARTS) is 1. The highest BCUT2D eigenvalue weighted by molar-refractivity contribution is 5.87. The molecule has 74 valence electrons. The molecule has 1 fully saturated rings. The van der Waals surface area contributed by atoms with Gasteiger partial charge in [0.05, 0.1) is 5.56 Å². The topological polar surface area (TPSA) is 37.3 Å². The Bertz CT molecular complexity index is 369. The lowest BCUT2D eigenvalue weighted by Gasteiger charge is -2.34. The molecule has 2 nitrogen and oxygen atoms in total. The van der Waals surface area contributed by atoms with Crippen molar-refractivity contribution in [3.63, 3.8) is 0 Å². The Balaban J connectivity index is 2.35. The first-order chi connectivity index (χ1) is 6.62. The molecule has 0 amide bonds. The van der Waals surface area contributed by atoms with Crippen LogP contribution in [0.15, 0.2) is 24.3 Å². The van der Waals surface area contributed by atoms with Crippen LogP contribution in [0, 0.1) is 0 Å². The number of rotatable bonds is 2. The molecule has 0 saturated heterocycles. The Morgan fingerprint density at radius 2 is 2.14 bits per heavy atom. The van der Waals surface area contributed by atoms with E-state index in [2.05, 4.69) is 0 Å². The van der Waals surface area contributed by atoms with Crippen LogP contribution in [-0.2, 0) is 5.67 Å². The number of alkyl halides is 1. The van der Waals surface area contributed by atoms with Crippen molar-refractivity contribution in [2.24, 2.45) is 0 Å². The first kappa shape index (κ1) is 9.19. The first-order valence-electron chi connectivity index (χ1n) is 4.65. The maximum atomic E-state index is 13.9. The van der Waals surface area contributed by atoms with Gasteiger partial charge in [-0.15, -0.1) is 0 Å². The lowest BCUT2D eigenvalue weighted by Crippen LogP contribution is -2.28. The predicted molar refractivity (Wildman–Crippen MR) is 50.0 cm³/mol. The van der Waals surface area contributed by atoms with E-state index in [9.17, 15) is 9.18 Å². The summed E-state index contributed by atoms with van der Waals surface area (Å²) in [7, 11) is 0. The predicted octanol–water partition coefficient (Wildman–Crippen LogP) is 2.73. The van der Waals surface area contributed by atoms with Crippen molar-refractivity contribution in [2.75, 3.05) is 0 Å². The fourth-order valence-corrected chi connectivity index (χ4v) is 1.71. The molecule has 1 aromatic carbocycles. The smallest absolute Gasteiger partial charge is 0.335 e. The number of halogens is 1. The molecule has 3 heteroatoms. The standard InChI is InChI=1S/C11H11FO2/c12-11(5-2-6-11)9-4-1-3-8(7-9)10(13)14/h1,3-4,7H,2,5-6H2,(H,13,14). The van der Waals surface area contributed by atoms with Gasteiger partial charge in [-0.2, -0.15) is 0 Å². The van der Waals surface area contributed by atoms with Crippen LogP contribution in [-0.4, -0.2) is 11.1 Å². The van der Waals surface area contributed by atoms with Crippen molar-refractivity contribution in [2.45, 2.75) is 24.9 Å². The number of carbonyl (C=O) groups is 1. The monoisotopic (exact) mass is 194 g/mol. The minimum atomic E-state index is -1.27. The summed E-state index contributed by atoms with van der Waals surface area (Å²) < 4.78 is 13.9. The number of carboxylic acids is 1. The molecule has 1 aliphatic rings. The molecule has 0 spiro atoms. The highest BCUT2D eigenvalue weighted by Crippen LogP contribution is 2.44. The molecular weight excluding hydrogens is 183 g/mol. The minimum Gasteiger partial charge on any atom is -0.478 e. The number of aromatic carboxylic acids is 1. The van der Waals surface area contributed by atoms with Gasteiger partial charge in [-0.1, -0.05) is 12.1 Å². The zero-order valence-electron chi connectivity index (χ0n) is 7.66. The van der Waals surface area contributed by atoms with Crippen LogP contribution in [0.25, 0.3) is 0 Å². The van der Waals surface area contributed by atoms with Crippen LogP contribution in [0.4, 0.5) is 4.39 Å². The van der Waals surface area contributed by atoms with Gasteiger partial charge in [0.25, 0.3) is 0 Å². The van der Waals surface area contributed by atoms with Gasteiger partial charge < -0.3 is 5.11 Å². The molecule has 0 radical (unpaired) electrons. The van der Waals surface area contributed by atoms with Crippen molar-refractivity contribution in [3.05, 3.63) is 35.4 Å². The van der Waals surface area contributed by atoms with E-state index in [1.807, 2.05) is 0 Å². The van der Waals surface area contributed by atoms with E-state index in [0.717, 1.165) is 6.42 Å². The lowest BCUT2D eigenvalue weighted by molar-refractivity contribution is 0.0604. The molecule has 0 aromatic heterocycles. The summed E-state index contributed by atoms with van der Waals surface area (Å²) in [4.78, 5) is 10.7. The zero-order chi connectivity index (χ0) is 10.2. The van der Waals surface area contributed by atoms with Crippen LogP contribution in [0.5, 0.6) is 0 Å². The Hall–Kier alpha value is -1.38. The summed E-state index contributed by atoms with van der Waals surface area (Å²) in [6.07, 6.45) is 1.90. The minimum absolute atomic E-state index is 0.159. The number of hydrogen-bond acceptors (Lipinski definition) is 1. The van der Waals surface area contributed by atoms with E-state index in [4.69, 9.17) is 5.11 Å². The SMILES string of the molecule is O=C(O)c1cccc(C2(F)CCC2)c1. The molecule has 2 rings (SSSR count). The van der Waals surface area contributed by atoms with Crippen molar-refractivity contribution < 1.29 is 14.3 Å². The van der Waals surface area contributed by atoms with Crippen LogP contribution in [0.3, 0.4) is 0 Å². The second-order valence-electron chi connectivity index (χ2n) is 3.70. The molecule has 1 saturated carbocycles. The van der Waals surface area contributed by atoms with Crippen LogP contribution in [0.1, 0.15) is 35.2 Å². The maximum absolute atomic E-state index is 13.9. The summed E-state index contributed by atoms with van der Waals surface area (Å²) in [5.41, 5.74) is -0.610. The van der Waals surface area contributed by atoms with Crippen molar-refractivity contribution >= 4 is 5.97 Å². The molecule has 0 aliphatic heterocycles. The third kappa shape index (κ3) is 1.39. The number of benzene rings is 1. The Kier molecular flexibility index (Phi) is 2.02. The lowest BCUT2D eigenvalue weighted by atomic mass is 9.76. The fraction of sp³-hybridized carbons (Fsp3) is 0.364. The van der Waals surface area contributed by atoms with E-state index in [1.54, 1.807) is 12.1 Å². The summed E-state index contributed by atoms with van der Waals surface area (Å²) in [5.74, 6) is -1.00. The van der Waals surface area contributed by atoms with Gasteiger partial charge in [0, 0.05) is 0 Å². The van der Waals surface area contributed by atoms with E-state index in [1.165, 1.54) is 12.1 Å². The van der Waals surface area contributed by atoms with Gasteiger partial charge in [-0.05, 0) is 37.0 Å². The summed E-state index contributed by atoms with van der Waals surface area (Å²) in [6, 6.07) is 6.17. The Labute approximate surface area is 81.4 Å². The largest absolute Gasteiger partial charge is 0.478 e. The van der Waals surface area contributed by atoms with Gasteiger partial charge in [0.2, 0.25) is 0 Å². The molecule has 1 aliphatic carbocycles. The van der Waals surface area contributed by atoms with Gasteiger partial charge in [0.15, 0.2) is 0 Å². The van der Waals surface area contributed by atoms with E-state index in [0.29, 0.717) is 18.4 Å². The van der Waals surface area contributed by atoms with Crippen LogP contribution in [0.2, 0.25) is 0 Å². The van der Waals surface area contributed by atoms with Crippen LogP contribution >= 0.6 is 0 Å². The molecule has 14 heavy (non-hydrogen) atoms. The summed E-state index contributed by atoms with van der Waals surface area (Å²) in [5, 5.41) is 8.74. The van der Waals surface area contributed by atoms with E-state index < -0.39 is 11.6 Å². The van der Waals surface area contributed by atoms with E-state index in [-0.39, 0.29) is 5.56 Å². The van der Waals surface area contributed by atoms with Crippen LogP contribution < -0.4 is 0 Å². The summed E-state index contributed by atoms with van der Waals surface area (Å²) >= 11 is 0. The van der Waals surface area contributed by atoms with Gasteiger partial charge in [-0.3, -0.25) is 0 Å². The molecule has 1 aromatic rings. The van der Waals surface area contributed by atoms with Gasteiger partial charge >= 0.3 is 5.97 Å². The molecule has 1 N–H and O–H groups in total. The van der Waals surface area contributed by atoms with Gasteiger partial charge in [0.1, 0.15) is 5.67 Å². The highest BCUT2D eigenvalue weighted by Gasteiger charge is 2.38. The Morgan fingerprint density at radius 3 is 2.64 bits per heavy atom. The highest BCUT2D eigenvalue weighted by atomic mass is 19.1. The molecule has 0 unspecified atom stereocenters. The van der Waals surface area contributed by atoms with Gasteiger partial charge in [-0.25, -0.2) is 9.18 Å².